The summed E-state index contributed by atoms with van der Waals surface area (Å²) in [5, 5.41) is 8.47. The molecule has 15 heavy (non-hydrogen) atoms. The van der Waals surface area contributed by atoms with Crippen LogP contribution >= 0.6 is 0 Å². The van der Waals surface area contributed by atoms with E-state index >= 15 is 0 Å². The monoisotopic (exact) mass is 210 g/mol. The van der Waals surface area contributed by atoms with E-state index in [-0.39, 0.29) is 5.56 Å². The summed E-state index contributed by atoms with van der Waals surface area (Å²) >= 11 is 0. The molecule has 1 amide bonds. The molecule has 1 aromatic heterocycles. The van der Waals surface area contributed by atoms with E-state index in [1.54, 1.807) is 0 Å². The second kappa shape index (κ2) is 4.41. The molecule has 2 N–H and O–H groups in total. The highest BCUT2D eigenvalue weighted by Gasteiger charge is 2.16. The Morgan fingerprint density at radius 3 is 2.73 bits per heavy atom. The Kier molecular flexibility index (Phi) is 3.22. The normalized spacial score (nSPS) is 9.67. The maximum atomic E-state index is 11.5. The molecule has 1 aromatic rings. The van der Waals surface area contributed by atoms with Crippen molar-refractivity contribution < 1.29 is 14.7 Å². The summed E-state index contributed by atoms with van der Waals surface area (Å²) in [5.41, 5.74) is -0.503. The van der Waals surface area contributed by atoms with Gasteiger partial charge in [0, 0.05) is 25.5 Å². The number of carbonyl (C=O) groups is 2. The van der Waals surface area contributed by atoms with Crippen LogP contribution in [0.25, 0.3) is 0 Å². The van der Waals surface area contributed by atoms with Crippen LogP contribution in [-0.2, 0) is 4.79 Å². The molecule has 0 saturated heterocycles. The van der Waals surface area contributed by atoms with E-state index in [2.05, 4.69) is 4.98 Å². The lowest BCUT2D eigenvalue weighted by Crippen LogP contribution is -2.34. The number of hydrogen-bond acceptors (Lipinski definition) is 3. The number of carbonyl (C=O) groups excluding carboxylic acids is 1. The van der Waals surface area contributed by atoms with E-state index in [1.165, 1.54) is 25.5 Å². The number of nitrogens with zero attached hydrogens (tertiary/aromatic N) is 1. The standard InChI is InChI=1S/C9H10N2O4/c1-11(5-8(13)14)9(15)6-4-10-3-2-7(6)12/h2-4H,5H2,1H3,(H,10,12)(H,13,14). The van der Waals surface area contributed by atoms with Gasteiger partial charge in [-0.1, -0.05) is 0 Å². The van der Waals surface area contributed by atoms with Crippen LogP contribution < -0.4 is 5.43 Å². The lowest BCUT2D eigenvalue weighted by atomic mass is 10.2. The average molecular weight is 210 g/mol. The highest BCUT2D eigenvalue weighted by Crippen LogP contribution is 1.95. The Balaban J connectivity index is 2.90. The summed E-state index contributed by atoms with van der Waals surface area (Å²) in [5.74, 6) is -1.74. The minimum Gasteiger partial charge on any atom is -0.480 e. The Morgan fingerprint density at radius 2 is 2.20 bits per heavy atom. The largest absolute Gasteiger partial charge is 0.480 e. The molecule has 0 bridgehead atoms. The van der Waals surface area contributed by atoms with Gasteiger partial charge in [-0.2, -0.15) is 0 Å². The first kappa shape index (κ1) is 11.0. The van der Waals surface area contributed by atoms with Crippen molar-refractivity contribution in [3.05, 3.63) is 34.2 Å². The van der Waals surface area contributed by atoms with Crippen molar-refractivity contribution in [1.29, 1.82) is 0 Å². The van der Waals surface area contributed by atoms with E-state index in [4.69, 9.17) is 5.11 Å². The third-order valence-corrected chi connectivity index (χ3v) is 1.77. The van der Waals surface area contributed by atoms with Crippen LogP contribution in [0.5, 0.6) is 0 Å². The quantitative estimate of drug-likeness (QED) is 0.705. The van der Waals surface area contributed by atoms with Gasteiger partial charge < -0.3 is 15.0 Å². The number of aliphatic carboxylic acids is 1. The fourth-order valence-electron chi connectivity index (χ4n) is 1.06. The second-order valence-corrected chi connectivity index (χ2v) is 2.98. The molecule has 0 aromatic carbocycles. The van der Waals surface area contributed by atoms with Crippen LogP contribution in [0, 0.1) is 0 Å². The predicted octanol–water partition coefficient (Wildman–Crippen LogP) is -0.469. The topological polar surface area (TPSA) is 90.5 Å². The molecule has 0 saturated carbocycles. The van der Waals surface area contributed by atoms with Crippen LogP contribution in [0.4, 0.5) is 0 Å². The van der Waals surface area contributed by atoms with Gasteiger partial charge in [0.05, 0.1) is 0 Å². The summed E-state index contributed by atoms with van der Waals surface area (Å²) in [6.45, 7) is -0.437. The van der Waals surface area contributed by atoms with Gasteiger partial charge in [0.25, 0.3) is 5.91 Å². The summed E-state index contributed by atoms with van der Waals surface area (Å²) in [7, 11) is 1.32. The van der Waals surface area contributed by atoms with Crippen LogP contribution in [0.1, 0.15) is 10.4 Å². The number of H-pyrrole nitrogens is 1. The first-order valence-corrected chi connectivity index (χ1v) is 4.16. The molecule has 0 aliphatic carbocycles. The number of likely N-dealkylation sites (N-methyl/N-ethyl adjacent to an activating group) is 1. The van der Waals surface area contributed by atoms with Crippen molar-refractivity contribution in [3.8, 4) is 0 Å². The smallest absolute Gasteiger partial charge is 0.323 e. The molecule has 6 nitrogen and oxygen atoms in total. The second-order valence-electron chi connectivity index (χ2n) is 2.98. The van der Waals surface area contributed by atoms with Gasteiger partial charge in [-0.3, -0.25) is 14.4 Å². The Labute approximate surface area is 85.1 Å². The number of carboxylic acids is 1. The number of pyridine rings is 1. The minimum atomic E-state index is -1.13. The Morgan fingerprint density at radius 1 is 1.53 bits per heavy atom. The Bertz CT molecular complexity index is 438. The summed E-state index contributed by atoms with van der Waals surface area (Å²) in [6.07, 6.45) is 2.65. The molecule has 0 fully saturated rings. The van der Waals surface area contributed by atoms with Crippen LogP contribution in [0.3, 0.4) is 0 Å². The van der Waals surface area contributed by atoms with Crippen LogP contribution in [-0.4, -0.2) is 40.5 Å². The average Bonchev–Trinajstić information content (AvgIpc) is 2.16. The molecule has 1 heterocycles. The van der Waals surface area contributed by atoms with Gasteiger partial charge >= 0.3 is 5.97 Å². The first-order chi connectivity index (χ1) is 7.02. The van der Waals surface area contributed by atoms with E-state index in [0.717, 1.165) is 4.90 Å². The molecule has 0 atom stereocenters. The molecular formula is C9H10N2O4. The van der Waals surface area contributed by atoms with Gasteiger partial charge in [-0.15, -0.1) is 0 Å². The number of rotatable bonds is 3. The SMILES string of the molecule is CN(CC(=O)O)C(=O)c1c[nH]ccc1=O. The molecule has 6 heteroatoms. The van der Waals surface area contributed by atoms with Crippen molar-refractivity contribution in [2.75, 3.05) is 13.6 Å². The predicted molar refractivity (Wildman–Crippen MR) is 51.7 cm³/mol. The lowest BCUT2D eigenvalue weighted by Gasteiger charge is -2.13. The van der Waals surface area contributed by atoms with E-state index in [0.29, 0.717) is 0 Å². The van der Waals surface area contributed by atoms with Gasteiger partial charge in [0.1, 0.15) is 12.1 Å². The highest BCUT2D eigenvalue weighted by molar-refractivity contribution is 5.95. The molecule has 1 rings (SSSR count). The van der Waals surface area contributed by atoms with Crippen molar-refractivity contribution in [2.45, 2.75) is 0 Å². The molecule has 0 spiro atoms. The lowest BCUT2D eigenvalue weighted by molar-refractivity contribution is -0.137. The Hall–Kier alpha value is -2.11. The van der Waals surface area contributed by atoms with E-state index in [1.807, 2.05) is 0 Å². The maximum absolute atomic E-state index is 11.5. The third kappa shape index (κ3) is 2.67. The van der Waals surface area contributed by atoms with Gasteiger partial charge in [-0.25, -0.2) is 0 Å². The summed E-state index contributed by atoms with van der Waals surface area (Å²) < 4.78 is 0. The van der Waals surface area contributed by atoms with Gasteiger partial charge in [0.15, 0.2) is 5.43 Å². The molecule has 80 valence electrons. The molecule has 0 radical (unpaired) electrons. The molecule has 0 aliphatic heterocycles. The summed E-state index contributed by atoms with van der Waals surface area (Å²) in [4.78, 5) is 36.7. The number of amides is 1. The number of hydrogen-bond donors (Lipinski definition) is 2. The number of carboxylic acid groups (broad SMARTS) is 1. The van der Waals surface area contributed by atoms with E-state index < -0.39 is 23.9 Å². The van der Waals surface area contributed by atoms with Crippen LogP contribution in [0.2, 0.25) is 0 Å². The zero-order valence-electron chi connectivity index (χ0n) is 8.06. The first-order valence-electron chi connectivity index (χ1n) is 4.16. The molecular weight excluding hydrogens is 200 g/mol. The van der Waals surface area contributed by atoms with Crippen LogP contribution in [0.15, 0.2) is 23.3 Å². The zero-order chi connectivity index (χ0) is 11.4. The van der Waals surface area contributed by atoms with E-state index in [9.17, 15) is 14.4 Å². The molecule has 0 unspecified atom stereocenters. The minimum absolute atomic E-state index is 0.0683. The molecule has 0 aliphatic rings. The van der Waals surface area contributed by atoms with Crippen molar-refractivity contribution >= 4 is 11.9 Å². The van der Waals surface area contributed by atoms with Gasteiger partial charge in [-0.05, 0) is 0 Å². The van der Waals surface area contributed by atoms with Crippen molar-refractivity contribution in [1.82, 2.24) is 9.88 Å². The number of nitrogens with one attached hydrogen (secondary N) is 1. The van der Waals surface area contributed by atoms with Crippen molar-refractivity contribution in [3.63, 3.8) is 0 Å². The number of aromatic nitrogens is 1. The summed E-state index contributed by atoms with van der Waals surface area (Å²) in [6, 6.07) is 1.21. The fourth-order valence-corrected chi connectivity index (χ4v) is 1.06. The number of aromatic amines is 1. The zero-order valence-corrected chi connectivity index (χ0v) is 8.06. The fraction of sp³-hybridized carbons (Fsp3) is 0.222. The maximum Gasteiger partial charge on any atom is 0.323 e. The van der Waals surface area contributed by atoms with Crippen molar-refractivity contribution in [2.24, 2.45) is 0 Å². The third-order valence-electron chi connectivity index (χ3n) is 1.77. The van der Waals surface area contributed by atoms with Gasteiger partial charge in [0.2, 0.25) is 0 Å². The highest BCUT2D eigenvalue weighted by atomic mass is 16.4.